The first-order chi connectivity index (χ1) is 23.8. The highest BCUT2D eigenvalue weighted by Crippen LogP contribution is 2.56. The largest absolute Gasteiger partial charge is 0.455 e. The second-order valence-electron chi connectivity index (χ2n) is 12.0. The monoisotopic (exact) mass is 634 g/mol. The Kier molecular flexibility index (Phi) is 7.18. The highest BCUT2D eigenvalue weighted by atomic mass is 32.2. The van der Waals surface area contributed by atoms with Crippen molar-refractivity contribution in [3.05, 3.63) is 181 Å². The third kappa shape index (κ3) is 5.10. The second kappa shape index (κ2) is 12.1. The Morgan fingerprint density at radius 3 is 1.81 bits per heavy atom. The van der Waals surface area contributed by atoms with E-state index in [1.165, 1.54) is 21.7 Å². The molecule has 1 heterocycles. The first-order valence-electron chi connectivity index (χ1n) is 16.2. The van der Waals surface area contributed by atoms with Gasteiger partial charge in [-0.2, -0.15) is 0 Å². The molecule has 2 nitrogen and oxygen atoms in total. The summed E-state index contributed by atoms with van der Waals surface area (Å²) in [6.45, 7) is 0. The Morgan fingerprint density at radius 1 is 0.521 bits per heavy atom. The summed E-state index contributed by atoms with van der Waals surface area (Å²) in [5.74, 6) is 3.32. The van der Waals surface area contributed by atoms with Gasteiger partial charge in [0.05, 0.1) is 9.79 Å². The molecule has 1 aliphatic rings. The molecular formula is C45H30O2S. The molecule has 9 rings (SSSR count). The molecule has 0 aromatic heterocycles. The molecule has 3 heteroatoms. The maximum atomic E-state index is 7.19. The molecule has 0 aliphatic carbocycles. The average Bonchev–Trinajstić information content (AvgIpc) is 3.14. The molecule has 0 saturated carbocycles. The summed E-state index contributed by atoms with van der Waals surface area (Å²) in [5, 5.41) is 4.71. The van der Waals surface area contributed by atoms with Crippen molar-refractivity contribution in [3.63, 3.8) is 0 Å². The smallest absolute Gasteiger partial charge is 0.149 e. The Labute approximate surface area is 284 Å². The lowest BCUT2D eigenvalue weighted by molar-refractivity contribution is 0.430. The van der Waals surface area contributed by atoms with Crippen LogP contribution in [-0.4, -0.2) is 0 Å². The third-order valence-electron chi connectivity index (χ3n) is 8.99. The van der Waals surface area contributed by atoms with E-state index in [2.05, 4.69) is 158 Å². The van der Waals surface area contributed by atoms with Gasteiger partial charge in [-0.25, -0.2) is 0 Å². The molecule has 0 amide bonds. The number of hydrogen-bond acceptors (Lipinski definition) is 3. The zero-order valence-corrected chi connectivity index (χ0v) is 26.9. The first-order valence-corrected chi connectivity index (χ1v) is 17.0. The van der Waals surface area contributed by atoms with Crippen molar-refractivity contribution < 1.29 is 9.47 Å². The molecule has 8 aromatic carbocycles. The van der Waals surface area contributed by atoms with Gasteiger partial charge in [0.1, 0.15) is 23.0 Å². The summed E-state index contributed by atoms with van der Waals surface area (Å²) in [7, 11) is 0. The zero-order valence-electron chi connectivity index (χ0n) is 26.1. The predicted molar refractivity (Wildman–Crippen MR) is 199 cm³/mol. The number of hydrogen-bond donors (Lipinski definition) is 0. The standard InChI is InChI=1S/C45H30O2S/c1-4-15-30(16-5-1)27-35-28-33-21-10-12-23-36(33)41(31-17-6-2-7-18-31)43(35)46-38-25-14-26-39-45(38)48-40-29-34-22-11-13-24-37(34)42(44(40)47-39)32-19-8-3-9-20-32/h1-26,28-29H,27H2. The summed E-state index contributed by atoms with van der Waals surface area (Å²) in [4.78, 5) is 2.04. The Hall–Kier alpha value is -5.77. The van der Waals surface area contributed by atoms with Crippen molar-refractivity contribution in [2.45, 2.75) is 16.2 Å². The highest BCUT2D eigenvalue weighted by Gasteiger charge is 2.28. The molecule has 8 aromatic rings. The molecule has 0 radical (unpaired) electrons. The van der Waals surface area contributed by atoms with E-state index in [-0.39, 0.29) is 0 Å². The molecular weight excluding hydrogens is 605 g/mol. The molecule has 228 valence electrons. The van der Waals surface area contributed by atoms with Crippen LogP contribution in [0.25, 0.3) is 43.8 Å². The van der Waals surface area contributed by atoms with E-state index in [1.54, 1.807) is 11.8 Å². The fourth-order valence-corrected chi connectivity index (χ4v) is 7.86. The lowest BCUT2D eigenvalue weighted by Gasteiger charge is -2.26. The van der Waals surface area contributed by atoms with E-state index in [9.17, 15) is 0 Å². The van der Waals surface area contributed by atoms with Crippen LogP contribution in [0.3, 0.4) is 0 Å². The molecule has 0 bridgehead atoms. The van der Waals surface area contributed by atoms with Crippen LogP contribution in [0.15, 0.2) is 180 Å². The minimum atomic E-state index is 0.745. The lowest BCUT2D eigenvalue weighted by atomic mass is 9.91. The number of benzene rings is 8. The van der Waals surface area contributed by atoms with E-state index in [0.717, 1.165) is 72.4 Å². The van der Waals surface area contributed by atoms with Crippen LogP contribution in [0, 0.1) is 0 Å². The average molecular weight is 635 g/mol. The van der Waals surface area contributed by atoms with Gasteiger partial charge in [-0.3, -0.25) is 0 Å². The maximum Gasteiger partial charge on any atom is 0.149 e. The molecule has 48 heavy (non-hydrogen) atoms. The van der Waals surface area contributed by atoms with Crippen molar-refractivity contribution >= 4 is 33.3 Å². The third-order valence-corrected chi connectivity index (χ3v) is 10.1. The Balaban J connectivity index is 1.22. The van der Waals surface area contributed by atoms with Gasteiger partial charge in [-0.15, -0.1) is 0 Å². The molecule has 0 fully saturated rings. The number of fused-ring (bicyclic) bond motifs is 4. The van der Waals surface area contributed by atoms with Crippen molar-refractivity contribution in [2.24, 2.45) is 0 Å². The summed E-state index contributed by atoms with van der Waals surface area (Å²) in [6, 6.07) is 59.6. The van der Waals surface area contributed by atoms with Crippen LogP contribution >= 0.6 is 11.8 Å². The van der Waals surface area contributed by atoms with Crippen LogP contribution in [-0.2, 0) is 6.42 Å². The second-order valence-corrected chi connectivity index (χ2v) is 13.1. The van der Waals surface area contributed by atoms with E-state index < -0.39 is 0 Å². The van der Waals surface area contributed by atoms with E-state index in [0.29, 0.717) is 0 Å². The number of rotatable bonds is 6. The SMILES string of the molecule is c1ccc(Cc2cc3ccccc3c(-c3ccccc3)c2Oc2cccc3c2Sc2cc4ccccc4c(-c4ccccc4)c2O3)cc1. The van der Waals surface area contributed by atoms with Crippen molar-refractivity contribution in [3.8, 4) is 45.3 Å². The number of ether oxygens (including phenoxy) is 2. The van der Waals surface area contributed by atoms with Crippen molar-refractivity contribution in [2.75, 3.05) is 0 Å². The van der Waals surface area contributed by atoms with Crippen LogP contribution in [0.1, 0.15) is 11.1 Å². The highest BCUT2D eigenvalue weighted by molar-refractivity contribution is 7.99. The summed E-state index contributed by atoms with van der Waals surface area (Å²) in [5.41, 5.74) is 6.83. The normalized spacial score (nSPS) is 11.9. The van der Waals surface area contributed by atoms with E-state index in [1.807, 2.05) is 12.1 Å². The maximum absolute atomic E-state index is 7.19. The van der Waals surface area contributed by atoms with E-state index in [4.69, 9.17) is 9.47 Å². The topological polar surface area (TPSA) is 18.5 Å². The van der Waals surface area contributed by atoms with Gasteiger partial charge in [0.15, 0.2) is 0 Å². The Bertz CT molecular complexity index is 2440. The van der Waals surface area contributed by atoms with Crippen LogP contribution in [0.5, 0.6) is 23.0 Å². The van der Waals surface area contributed by atoms with Crippen molar-refractivity contribution in [1.29, 1.82) is 0 Å². The van der Waals surface area contributed by atoms with Crippen LogP contribution in [0.4, 0.5) is 0 Å². The summed E-state index contributed by atoms with van der Waals surface area (Å²) in [6.07, 6.45) is 0.745. The van der Waals surface area contributed by atoms with E-state index >= 15 is 0 Å². The van der Waals surface area contributed by atoms with Crippen LogP contribution in [0.2, 0.25) is 0 Å². The predicted octanol–water partition coefficient (Wildman–Crippen LogP) is 13.0. The van der Waals surface area contributed by atoms with Gasteiger partial charge in [-0.05, 0) is 62.5 Å². The van der Waals surface area contributed by atoms with Gasteiger partial charge in [0.2, 0.25) is 0 Å². The van der Waals surface area contributed by atoms with Crippen molar-refractivity contribution in [1.82, 2.24) is 0 Å². The fraction of sp³-hybridized carbons (Fsp3) is 0.0222. The van der Waals surface area contributed by atoms with Gasteiger partial charge < -0.3 is 9.47 Å². The summed E-state index contributed by atoms with van der Waals surface area (Å²) < 4.78 is 14.1. The molecule has 0 N–H and O–H groups in total. The lowest BCUT2D eigenvalue weighted by Crippen LogP contribution is -2.02. The quantitative estimate of drug-likeness (QED) is 0.181. The molecule has 0 saturated heterocycles. The molecule has 0 atom stereocenters. The van der Waals surface area contributed by atoms with Gasteiger partial charge >= 0.3 is 0 Å². The first kappa shape index (κ1) is 28.5. The molecule has 0 spiro atoms. The van der Waals surface area contributed by atoms with Crippen LogP contribution < -0.4 is 9.47 Å². The fourth-order valence-electron chi connectivity index (χ4n) is 6.80. The van der Waals surface area contributed by atoms with Gasteiger partial charge in [0.25, 0.3) is 0 Å². The minimum absolute atomic E-state index is 0.745. The van der Waals surface area contributed by atoms with Gasteiger partial charge in [0, 0.05) is 23.1 Å². The molecule has 1 aliphatic heterocycles. The summed E-state index contributed by atoms with van der Waals surface area (Å²) >= 11 is 1.72. The zero-order chi connectivity index (χ0) is 31.9. The minimum Gasteiger partial charge on any atom is -0.455 e. The Morgan fingerprint density at radius 2 is 1.10 bits per heavy atom. The van der Waals surface area contributed by atoms with Gasteiger partial charge in [-0.1, -0.05) is 157 Å². The molecule has 0 unspecified atom stereocenters.